The molecule has 0 aromatic heterocycles. The highest BCUT2D eigenvalue weighted by atomic mass is 16.3. The highest BCUT2D eigenvalue weighted by Gasteiger charge is 2.39. The molecule has 2 fully saturated rings. The summed E-state index contributed by atoms with van der Waals surface area (Å²) in [6, 6.07) is 7.64. The molecule has 2 unspecified atom stereocenters. The molecule has 2 saturated heterocycles. The Hall–Kier alpha value is -1.02. The van der Waals surface area contributed by atoms with E-state index in [1.54, 1.807) is 0 Å². The molecule has 1 N–H and O–H groups in total. The lowest BCUT2D eigenvalue weighted by Crippen LogP contribution is -2.39. The predicted molar refractivity (Wildman–Crippen MR) is 69.4 cm³/mol. The number of benzene rings is 1. The Bertz CT molecular complexity index is 415. The Morgan fingerprint density at radius 2 is 1.82 bits per heavy atom. The fraction of sp³-hybridized carbons (Fsp3) is 0.600. The largest absolute Gasteiger partial charge is 0.507 e. The summed E-state index contributed by atoms with van der Waals surface area (Å²) < 4.78 is 0. The van der Waals surface area contributed by atoms with Gasteiger partial charge in [0.15, 0.2) is 0 Å². The maximum atomic E-state index is 10.2. The number of fused-ring (bicyclic) bond motifs is 2. The van der Waals surface area contributed by atoms with Crippen LogP contribution in [-0.2, 0) is 0 Å². The molecule has 1 aromatic rings. The maximum absolute atomic E-state index is 10.2. The number of aryl methyl sites for hydroxylation is 1. The zero-order chi connectivity index (χ0) is 12.0. The van der Waals surface area contributed by atoms with Crippen LogP contribution in [0.2, 0.25) is 0 Å². The van der Waals surface area contributed by atoms with Gasteiger partial charge in [0.05, 0.1) is 0 Å². The average molecular weight is 231 g/mol. The van der Waals surface area contributed by atoms with E-state index in [9.17, 15) is 5.11 Å². The van der Waals surface area contributed by atoms with Gasteiger partial charge in [0, 0.05) is 12.1 Å². The number of para-hydroxylation sites is 1. The first-order chi connectivity index (χ1) is 8.16. The molecule has 0 aliphatic carbocycles. The molecular formula is C15H21NO. The zero-order valence-electron chi connectivity index (χ0n) is 10.7. The molecule has 2 atom stereocenters. The van der Waals surface area contributed by atoms with Crippen molar-refractivity contribution in [3.8, 4) is 5.75 Å². The molecule has 2 heteroatoms. The molecule has 2 aliphatic heterocycles. The maximum Gasteiger partial charge on any atom is 0.121 e. The van der Waals surface area contributed by atoms with Gasteiger partial charge in [-0.3, -0.25) is 0 Å². The standard InChI is InChI=1S/C15H21NO/c1-10-4-3-5-14(15(10)17)11-8-12-6-7-13(9-11)16(12)2/h3-5,11-13,17H,6-9H2,1-2H3. The van der Waals surface area contributed by atoms with Crippen molar-refractivity contribution in [1.82, 2.24) is 4.90 Å². The molecule has 0 saturated carbocycles. The van der Waals surface area contributed by atoms with Crippen LogP contribution in [0.1, 0.15) is 42.7 Å². The van der Waals surface area contributed by atoms with E-state index in [2.05, 4.69) is 24.1 Å². The van der Waals surface area contributed by atoms with Crippen LogP contribution in [0, 0.1) is 6.92 Å². The van der Waals surface area contributed by atoms with E-state index in [1.807, 2.05) is 13.0 Å². The smallest absolute Gasteiger partial charge is 0.121 e. The third kappa shape index (κ3) is 1.75. The molecule has 2 bridgehead atoms. The number of rotatable bonds is 1. The predicted octanol–water partition coefficient (Wildman–Crippen LogP) is 3.04. The van der Waals surface area contributed by atoms with Crippen molar-refractivity contribution < 1.29 is 5.11 Å². The summed E-state index contributed by atoms with van der Waals surface area (Å²) in [6.45, 7) is 1.99. The van der Waals surface area contributed by atoms with Gasteiger partial charge in [0.2, 0.25) is 0 Å². The topological polar surface area (TPSA) is 23.5 Å². The molecule has 2 nitrogen and oxygen atoms in total. The van der Waals surface area contributed by atoms with Gasteiger partial charge in [0.25, 0.3) is 0 Å². The van der Waals surface area contributed by atoms with Gasteiger partial charge in [-0.25, -0.2) is 0 Å². The summed E-state index contributed by atoms with van der Waals surface area (Å²) in [5.41, 5.74) is 2.18. The van der Waals surface area contributed by atoms with Crippen LogP contribution in [-0.4, -0.2) is 29.1 Å². The van der Waals surface area contributed by atoms with Crippen LogP contribution in [0.5, 0.6) is 5.75 Å². The number of phenolic OH excluding ortho intramolecular Hbond substituents is 1. The van der Waals surface area contributed by atoms with Gasteiger partial charge in [-0.2, -0.15) is 0 Å². The number of piperidine rings is 1. The first kappa shape index (κ1) is 11.1. The van der Waals surface area contributed by atoms with Crippen molar-refractivity contribution in [2.24, 2.45) is 0 Å². The molecular weight excluding hydrogens is 210 g/mol. The van der Waals surface area contributed by atoms with Crippen LogP contribution >= 0.6 is 0 Å². The number of phenols is 1. The Labute approximate surface area is 103 Å². The molecule has 1 aromatic carbocycles. The van der Waals surface area contributed by atoms with Crippen LogP contribution < -0.4 is 0 Å². The molecule has 3 rings (SSSR count). The summed E-state index contributed by atoms with van der Waals surface area (Å²) in [4.78, 5) is 2.54. The minimum atomic E-state index is 0.529. The molecule has 2 aliphatic rings. The lowest BCUT2D eigenvalue weighted by molar-refractivity contribution is 0.160. The second kappa shape index (κ2) is 4.02. The first-order valence-corrected chi connectivity index (χ1v) is 6.67. The molecule has 0 radical (unpaired) electrons. The fourth-order valence-corrected chi connectivity index (χ4v) is 3.68. The summed E-state index contributed by atoms with van der Waals surface area (Å²) in [7, 11) is 2.26. The van der Waals surface area contributed by atoms with Gasteiger partial charge in [-0.05, 0) is 56.7 Å². The minimum Gasteiger partial charge on any atom is -0.507 e. The Morgan fingerprint density at radius 3 is 2.47 bits per heavy atom. The van der Waals surface area contributed by atoms with Gasteiger partial charge in [0.1, 0.15) is 5.75 Å². The molecule has 0 amide bonds. The summed E-state index contributed by atoms with van der Waals surface area (Å²) in [6.07, 6.45) is 5.10. The normalized spacial score (nSPS) is 32.9. The van der Waals surface area contributed by atoms with Crippen molar-refractivity contribution in [3.05, 3.63) is 29.3 Å². The van der Waals surface area contributed by atoms with Crippen molar-refractivity contribution in [3.63, 3.8) is 0 Å². The molecule has 17 heavy (non-hydrogen) atoms. The minimum absolute atomic E-state index is 0.529. The summed E-state index contributed by atoms with van der Waals surface area (Å²) >= 11 is 0. The van der Waals surface area contributed by atoms with Crippen LogP contribution in [0.15, 0.2) is 18.2 Å². The SMILES string of the molecule is Cc1cccc(C2CC3CCC(C2)N3C)c1O. The van der Waals surface area contributed by atoms with E-state index >= 15 is 0 Å². The zero-order valence-corrected chi connectivity index (χ0v) is 10.7. The monoisotopic (exact) mass is 231 g/mol. The van der Waals surface area contributed by atoms with Crippen molar-refractivity contribution in [1.29, 1.82) is 0 Å². The Kier molecular flexibility index (Phi) is 2.62. The second-order valence-corrected chi connectivity index (χ2v) is 5.73. The van der Waals surface area contributed by atoms with Crippen molar-refractivity contribution in [2.45, 2.75) is 50.6 Å². The van der Waals surface area contributed by atoms with Crippen molar-refractivity contribution >= 4 is 0 Å². The van der Waals surface area contributed by atoms with Gasteiger partial charge >= 0.3 is 0 Å². The number of nitrogens with zero attached hydrogens (tertiary/aromatic N) is 1. The lowest BCUT2D eigenvalue weighted by atomic mass is 9.84. The highest BCUT2D eigenvalue weighted by molar-refractivity contribution is 5.42. The molecule has 2 heterocycles. The van der Waals surface area contributed by atoms with E-state index in [0.29, 0.717) is 11.7 Å². The fourth-order valence-electron chi connectivity index (χ4n) is 3.68. The quantitative estimate of drug-likeness (QED) is 0.803. The third-order valence-corrected chi connectivity index (χ3v) is 4.81. The molecule has 0 spiro atoms. The second-order valence-electron chi connectivity index (χ2n) is 5.73. The molecule has 92 valence electrons. The van der Waals surface area contributed by atoms with Crippen molar-refractivity contribution in [2.75, 3.05) is 7.05 Å². The Balaban J connectivity index is 1.89. The van der Waals surface area contributed by atoms with E-state index in [1.165, 1.54) is 31.2 Å². The number of hydrogen-bond acceptors (Lipinski definition) is 2. The van der Waals surface area contributed by atoms with E-state index in [-0.39, 0.29) is 0 Å². The van der Waals surface area contributed by atoms with Crippen LogP contribution in [0.3, 0.4) is 0 Å². The number of aromatic hydroxyl groups is 1. The van der Waals surface area contributed by atoms with E-state index < -0.39 is 0 Å². The van der Waals surface area contributed by atoms with Crippen LogP contribution in [0.25, 0.3) is 0 Å². The first-order valence-electron chi connectivity index (χ1n) is 6.67. The summed E-state index contributed by atoms with van der Waals surface area (Å²) in [5.74, 6) is 1.09. The van der Waals surface area contributed by atoms with Gasteiger partial charge in [-0.1, -0.05) is 18.2 Å². The lowest BCUT2D eigenvalue weighted by Gasteiger charge is -2.36. The van der Waals surface area contributed by atoms with E-state index in [0.717, 1.165) is 17.6 Å². The summed E-state index contributed by atoms with van der Waals surface area (Å²) in [5, 5.41) is 10.2. The Morgan fingerprint density at radius 1 is 1.18 bits per heavy atom. The van der Waals surface area contributed by atoms with Crippen LogP contribution in [0.4, 0.5) is 0 Å². The highest BCUT2D eigenvalue weighted by Crippen LogP contribution is 2.44. The number of hydrogen-bond donors (Lipinski definition) is 1. The van der Waals surface area contributed by atoms with Gasteiger partial charge < -0.3 is 10.0 Å². The van der Waals surface area contributed by atoms with E-state index in [4.69, 9.17) is 0 Å². The third-order valence-electron chi connectivity index (χ3n) is 4.81. The van der Waals surface area contributed by atoms with Gasteiger partial charge in [-0.15, -0.1) is 0 Å². The average Bonchev–Trinajstić information content (AvgIpc) is 2.54.